The van der Waals surface area contributed by atoms with E-state index in [4.69, 9.17) is 4.74 Å². The topological polar surface area (TPSA) is 87.7 Å². The van der Waals surface area contributed by atoms with Crippen LogP contribution in [0.3, 0.4) is 0 Å². The number of methoxy groups -OCH3 is 1. The largest absolute Gasteiger partial charge is 0.497 e. The van der Waals surface area contributed by atoms with E-state index >= 15 is 0 Å². The molecule has 1 aliphatic rings. The highest BCUT2D eigenvalue weighted by Crippen LogP contribution is 2.27. The second-order valence-corrected chi connectivity index (χ2v) is 5.14. The molecule has 1 amide bonds. The van der Waals surface area contributed by atoms with E-state index < -0.39 is 11.5 Å². The SMILES string of the molecule is CCC1(C(=O)Nc2ccc(OC)cc2C(=O)O)CCCN1. The Morgan fingerprint density at radius 3 is 2.76 bits per heavy atom. The van der Waals surface area contributed by atoms with Crippen LogP contribution in [-0.2, 0) is 4.79 Å². The van der Waals surface area contributed by atoms with Crippen molar-refractivity contribution in [3.63, 3.8) is 0 Å². The van der Waals surface area contributed by atoms with Crippen molar-refractivity contribution >= 4 is 17.6 Å². The van der Waals surface area contributed by atoms with Crippen molar-refractivity contribution in [3.05, 3.63) is 23.8 Å². The first kappa shape index (κ1) is 15.3. The van der Waals surface area contributed by atoms with Gasteiger partial charge in [-0.2, -0.15) is 0 Å². The highest BCUT2D eigenvalue weighted by Gasteiger charge is 2.39. The molecule has 6 heteroatoms. The van der Waals surface area contributed by atoms with E-state index in [1.54, 1.807) is 12.1 Å². The highest BCUT2D eigenvalue weighted by atomic mass is 16.5. The predicted octanol–water partition coefficient (Wildman–Crippen LogP) is 1.86. The Morgan fingerprint density at radius 2 is 2.24 bits per heavy atom. The number of carboxylic acids is 1. The van der Waals surface area contributed by atoms with Gasteiger partial charge in [-0.25, -0.2) is 4.79 Å². The Labute approximate surface area is 123 Å². The van der Waals surface area contributed by atoms with Crippen molar-refractivity contribution in [2.24, 2.45) is 0 Å². The molecule has 0 bridgehead atoms. The third-order valence-corrected chi connectivity index (χ3v) is 3.99. The van der Waals surface area contributed by atoms with E-state index in [9.17, 15) is 14.7 Å². The van der Waals surface area contributed by atoms with E-state index in [2.05, 4.69) is 10.6 Å². The van der Waals surface area contributed by atoms with Crippen LogP contribution in [0.25, 0.3) is 0 Å². The summed E-state index contributed by atoms with van der Waals surface area (Å²) in [6, 6.07) is 4.58. The van der Waals surface area contributed by atoms with Gasteiger partial charge < -0.3 is 20.5 Å². The van der Waals surface area contributed by atoms with Gasteiger partial charge in [0, 0.05) is 0 Å². The Hall–Kier alpha value is -2.08. The summed E-state index contributed by atoms with van der Waals surface area (Å²) in [4.78, 5) is 23.8. The molecule has 6 nitrogen and oxygen atoms in total. The Bertz CT molecular complexity index is 551. The molecule has 3 N–H and O–H groups in total. The summed E-state index contributed by atoms with van der Waals surface area (Å²) >= 11 is 0. The number of anilines is 1. The molecule has 1 unspecified atom stereocenters. The van der Waals surface area contributed by atoms with Gasteiger partial charge >= 0.3 is 5.97 Å². The van der Waals surface area contributed by atoms with Crippen molar-refractivity contribution in [2.75, 3.05) is 19.0 Å². The van der Waals surface area contributed by atoms with Crippen LogP contribution in [0.2, 0.25) is 0 Å². The standard InChI is InChI=1S/C15H20N2O4/c1-3-15(7-4-8-16-15)14(20)17-12-6-5-10(21-2)9-11(12)13(18)19/h5-6,9,16H,3-4,7-8H2,1-2H3,(H,17,20)(H,18,19). The molecule has 1 fully saturated rings. The fourth-order valence-corrected chi connectivity index (χ4v) is 2.64. The van der Waals surface area contributed by atoms with Gasteiger partial charge in [0.05, 0.1) is 23.9 Å². The van der Waals surface area contributed by atoms with Gasteiger partial charge in [0.15, 0.2) is 0 Å². The van der Waals surface area contributed by atoms with Gasteiger partial charge in [-0.1, -0.05) is 6.92 Å². The van der Waals surface area contributed by atoms with Crippen molar-refractivity contribution in [1.82, 2.24) is 5.32 Å². The lowest BCUT2D eigenvalue weighted by Crippen LogP contribution is -2.50. The summed E-state index contributed by atoms with van der Waals surface area (Å²) < 4.78 is 5.02. The number of aromatic carboxylic acids is 1. The fraction of sp³-hybridized carbons (Fsp3) is 0.467. The quantitative estimate of drug-likeness (QED) is 0.771. The molecule has 0 radical (unpaired) electrons. The molecule has 0 spiro atoms. The molecular formula is C15H20N2O4. The van der Waals surface area contributed by atoms with Crippen LogP contribution in [0, 0.1) is 0 Å². The first-order chi connectivity index (χ1) is 10.0. The van der Waals surface area contributed by atoms with Crippen LogP contribution < -0.4 is 15.4 Å². The molecule has 1 aromatic carbocycles. The number of hydrogen-bond acceptors (Lipinski definition) is 4. The first-order valence-electron chi connectivity index (χ1n) is 7.00. The molecule has 114 valence electrons. The third-order valence-electron chi connectivity index (χ3n) is 3.99. The molecule has 0 saturated carbocycles. The van der Waals surface area contributed by atoms with Crippen LogP contribution in [0.1, 0.15) is 36.5 Å². The summed E-state index contributed by atoms with van der Waals surface area (Å²) in [5, 5.41) is 15.2. The van der Waals surface area contributed by atoms with Gasteiger partial charge in [0.2, 0.25) is 5.91 Å². The number of carbonyl (C=O) groups excluding carboxylic acids is 1. The summed E-state index contributed by atoms with van der Waals surface area (Å²) in [5.74, 6) is -0.848. The summed E-state index contributed by atoms with van der Waals surface area (Å²) in [7, 11) is 1.47. The second kappa shape index (κ2) is 6.13. The third kappa shape index (κ3) is 3.00. The van der Waals surface area contributed by atoms with Crippen LogP contribution in [0.4, 0.5) is 5.69 Å². The minimum Gasteiger partial charge on any atom is -0.497 e. The molecule has 1 saturated heterocycles. The summed E-state index contributed by atoms with van der Waals surface area (Å²) in [6.45, 7) is 2.75. The van der Waals surface area contributed by atoms with E-state index in [0.29, 0.717) is 12.2 Å². The zero-order valence-electron chi connectivity index (χ0n) is 12.2. The monoisotopic (exact) mass is 292 g/mol. The molecule has 1 aliphatic heterocycles. The average Bonchev–Trinajstić information content (AvgIpc) is 2.97. The maximum absolute atomic E-state index is 12.5. The predicted molar refractivity (Wildman–Crippen MR) is 78.8 cm³/mol. The number of hydrogen-bond donors (Lipinski definition) is 3. The van der Waals surface area contributed by atoms with Crippen LogP contribution in [0.15, 0.2) is 18.2 Å². The molecule has 1 heterocycles. The normalized spacial score (nSPS) is 21.0. The Balaban J connectivity index is 2.26. The summed E-state index contributed by atoms with van der Waals surface area (Å²) in [6.07, 6.45) is 2.36. The minimum absolute atomic E-state index is 0.0203. The zero-order chi connectivity index (χ0) is 15.5. The molecule has 2 rings (SSSR count). The maximum Gasteiger partial charge on any atom is 0.337 e. The van der Waals surface area contributed by atoms with E-state index in [0.717, 1.165) is 19.4 Å². The molecule has 0 aromatic heterocycles. The molecule has 1 atom stereocenters. The van der Waals surface area contributed by atoms with Gasteiger partial charge in [0.25, 0.3) is 0 Å². The second-order valence-electron chi connectivity index (χ2n) is 5.14. The average molecular weight is 292 g/mol. The van der Waals surface area contributed by atoms with Crippen molar-refractivity contribution in [1.29, 1.82) is 0 Å². The smallest absolute Gasteiger partial charge is 0.337 e. The number of rotatable bonds is 5. The van der Waals surface area contributed by atoms with Crippen molar-refractivity contribution in [3.8, 4) is 5.75 Å². The fourth-order valence-electron chi connectivity index (χ4n) is 2.64. The number of nitrogens with one attached hydrogen (secondary N) is 2. The number of carbonyl (C=O) groups is 2. The van der Waals surface area contributed by atoms with Crippen LogP contribution >= 0.6 is 0 Å². The Morgan fingerprint density at radius 1 is 1.48 bits per heavy atom. The zero-order valence-corrected chi connectivity index (χ0v) is 12.2. The lowest BCUT2D eigenvalue weighted by molar-refractivity contribution is -0.122. The molecule has 1 aromatic rings. The number of benzene rings is 1. The van der Waals surface area contributed by atoms with E-state index in [1.165, 1.54) is 13.2 Å². The van der Waals surface area contributed by atoms with Crippen molar-refractivity contribution in [2.45, 2.75) is 31.7 Å². The first-order valence-corrected chi connectivity index (χ1v) is 7.00. The van der Waals surface area contributed by atoms with E-state index in [1.807, 2.05) is 6.92 Å². The lowest BCUT2D eigenvalue weighted by Gasteiger charge is -2.27. The Kier molecular flexibility index (Phi) is 4.47. The van der Waals surface area contributed by atoms with Crippen molar-refractivity contribution < 1.29 is 19.4 Å². The van der Waals surface area contributed by atoms with Gasteiger partial charge in [-0.05, 0) is 44.0 Å². The minimum atomic E-state index is -1.10. The van der Waals surface area contributed by atoms with Gasteiger partial charge in [-0.15, -0.1) is 0 Å². The number of amides is 1. The molecular weight excluding hydrogens is 272 g/mol. The number of ether oxygens (including phenoxy) is 1. The van der Waals surface area contributed by atoms with Crippen LogP contribution in [0.5, 0.6) is 5.75 Å². The lowest BCUT2D eigenvalue weighted by atomic mass is 9.93. The molecule has 0 aliphatic carbocycles. The number of carboxylic acid groups (broad SMARTS) is 1. The van der Waals surface area contributed by atoms with Gasteiger partial charge in [-0.3, -0.25) is 4.79 Å². The van der Waals surface area contributed by atoms with Gasteiger partial charge in [0.1, 0.15) is 5.75 Å². The summed E-state index contributed by atoms with van der Waals surface area (Å²) in [5.41, 5.74) is -0.294. The maximum atomic E-state index is 12.5. The van der Waals surface area contributed by atoms with Crippen LogP contribution in [-0.4, -0.2) is 36.2 Å². The molecule has 21 heavy (non-hydrogen) atoms. The highest BCUT2D eigenvalue weighted by molar-refractivity contribution is 6.04. The van der Waals surface area contributed by atoms with E-state index in [-0.39, 0.29) is 17.2 Å².